The van der Waals surface area contributed by atoms with Crippen molar-refractivity contribution in [1.82, 2.24) is 15.0 Å². The van der Waals surface area contributed by atoms with Gasteiger partial charge in [-0.05, 0) is 41.7 Å². The van der Waals surface area contributed by atoms with Gasteiger partial charge in [-0.15, -0.1) is 0 Å². The van der Waals surface area contributed by atoms with Gasteiger partial charge in [0.15, 0.2) is 5.65 Å². The summed E-state index contributed by atoms with van der Waals surface area (Å²) >= 11 is 0. The average molecular weight is 394 g/mol. The first kappa shape index (κ1) is 18.3. The lowest BCUT2D eigenvalue weighted by Gasteiger charge is -2.29. The number of nitrogens with zero attached hydrogens (tertiary/aromatic N) is 3. The number of nitrogens with one attached hydrogen (secondary N) is 1. The van der Waals surface area contributed by atoms with Crippen LogP contribution in [-0.2, 0) is 13.0 Å². The second-order valence-corrected chi connectivity index (χ2v) is 7.68. The summed E-state index contributed by atoms with van der Waals surface area (Å²) in [5.41, 5.74) is 6.04. The molecule has 0 amide bonds. The number of rotatable bonds is 3. The second kappa shape index (κ2) is 7.59. The maximum Gasteiger partial charge on any atom is 0.262 e. The summed E-state index contributed by atoms with van der Waals surface area (Å²) in [7, 11) is 0. The van der Waals surface area contributed by atoms with Crippen molar-refractivity contribution >= 4 is 29.1 Å². The molecule has 148 valence electrons. The average Bonchev–Trinajstić information content (AvgIpc) is 2.77. The Kier molecular flexibility index (Phi) is 4.64. The largest absolute Gasteiger partial charge is 0.338 e. The lowest BCUT2D eigenvalue weighted by atomic mass is 10.0. The highest BCUT2D eigenvalue weighted by molar-refractivity contribution is 5.88. The van der Waals surface area contributed by atoms with Gasteiger partial charge in [0.2, 0.25) is 5.95 Å². The number of fused-ring (bicyclic) bond motifs is 2. The van der Waals surface area contributed by atoms with E-state index < -0.39 is 0 Å². The van der Waals surface area contributed by atoms with Gasteiger partial charge in [-0.1, -0.05) is 66.2 Å². The second-order valence-electron chi connectivity index (χ2n) is 7.68. The Morgan fingerprint density at radius 1 is 1.03 bits per heavy atom. The number of hydrogen-bond donors (Lipinski definition) is 1. The van der Waals surface area contributed by atoms with Gasteiger partial charge in [-0.2, -0.15) is 4.98 Å². The third kappa shape index (κ3) is 3.50. The van der Waals surface area contributed by atoms with Crippen molar-refractivity contribution in [3.63, 3.8) is 0 Å². The van der Waals surface area contributed by atoms with Crippen LogP contribution in [0.3, 0.4) is 0 Å². The van der Waals surface area contributed by atoms with Crippen LogP contribution < -0.4 is 10.5 Å². The molecule has 5 heteroatoms. The highest BCUT2D eigenvalue weighted by Gasteiger charge is 2.19. The molecule has 1 aliphatic heterocycles. The molecule has 1 N–H and O–H groups in total. The molecule has 3 heterocycles. The number of anilines is 1. The Morgan fingerprint density at radius 3 is 2.77 bits per heavy atom. The standard InChI is InChI=1S/C25H22N4O/c1-17-5-4-6-18(15-17)9-10-20-11-13-26-23-22(20)24(30)28-25(27-23)29-14-12-19-7-2-3-8-21(19)16-29/h2-11,13,15H,12,14,16H2,1H3,(H,26,27,28,30)/b10-9+. The molecule has 0 spiro atoms. The Bertz CT molecular complexity index is 1320. The molecule has 0 bridgehead atoms. The summed E-state index contributed by atoms with van der Waals surface area (Å²) in [5.74, 6) is 0.578. The quantitative estimate of drug-likeness (QED) is 0.561. The minimum atomic E-state index is -0.161. The zero-order valence-corrected chi connectivity index (χ0v) is 16.8. The van der Waals surface area contributed by atoms with E-state index >= 15 is 0 Å². The Morgan fingerprint density at radius 2 is 1.90 bits per heavy atom. The van der Waals surface area contributed by atoms with E-state index in [1.807, 2.05) is 36.4 Å². The Balaban J connectivity index is 1.51. The smallest absolute Gasteiger partial charge is 0.262 e. The summed E-state index contributed by atoms with van der Waals surface area (Å²) in [6.45, 7) is 3.62. The summed E-state index contributed by atoms with van der Waals surface area (Å²) < 4.78 is 0. The zero-order valence-electron chi connectivity index (χ0n) is 16.8. The van der Waals surface area contributed by atoms with Gasteiger partial charge in [-0.3, -0.25) is 9.78 Å². The van der Waals surface area contributed by atoms with Gasteiger partial charge in [-0.25, -0.2) is 4.98 Å². The van der Waals surface area contributed by atoms with Crippen molar-refractivity contribution in [3.8, 4) is 0 Å². The zero-order chi connectivity index (χ0) is 20.5. The number of aromatic nitrogens is 3. The van der Waals surface area contributed by atoms with Gasteiger partial charge in [0, 0.05) is 19.3 Å². The van der Waals surface area contributed by atoms with Crippen molar-refractivity contribution in [2.75, 3.05) is 11.4 Å². The number of hydrogen-bond acceptors (Lipinski definition) is 4. The molecule has 2 aromatic heterocycles. The van der Waals surface area contributed by atoms with Gasteiger partial charge in [0.05, 0.1) is 5.39 Å². The molecular weight excluding hydrogens is 372 g/mol. The molecule has 0 radical (unpaired) electrons. The normalized spacial score (nSPS) is 13.7. The molecule has 5 rings (SSSR count). The van der Waals surface area contributed by atoms with Gasteiger partial charge in [0.25, 0.3) is 5.56 Å². The lowest BCUT2D eigenvalue weighted by molar-refractivity contribution is 0.708. The SMILES string of the molecule is Cc1cccc(/C=C/c2ccnc3nc(N4CCc5ccccc5C4)[nH]c(=O)c23)c1. The first-order valence-electron chi connectivity index (χ1n) is 10.1. The van der Waals surface area contributed by atoms with Crippen molar-refractivity contribution in [3.05, 3.63) is 99.0 Å². The van der Waals surface area contributed by atoms with Gasteiger partial charge in [0.1, 0.15) is 0 Å². The molecular formula is C25H22N4O. The number of aromatic amines is 1. The maximum atomic E-state index is 13.0. The van der Waals surface area contributed by atoms with E-state index in [2.05, 4.69) is 57.1 Å². The third-order valence-electron chi connectivity index (χ3n) is 5.56. The van der Waals surface area contributed by atoms with Gasteiger partial charge >= 0.3 is 0 Å². The predicted octanol–water partition coefficient (Wildman–Crippen LogP) is 4.36. The highest BCUT2D eigenvalue weighted by atomic mass is 16.1. The van der Waals surface area contributed by atoms with E-state index in [-0.39, 0.29) is 5.56 Å². The lowest BCUT2D eigenvalue weighted by Crippen LogP contribution is -2.33. The monoisotopic (exact) mass is 394 g/mol. The fraction of sp³-hybridized carbons (Fsp3) is 0.160. The van der Waals surface area contributed by atoms with E-state index in [1.54, 1.807) is 6.20 Å². The molecule has 0 atom stereocenters. The first-order chi connectivity index (χ1) is 14.7. The van der Waals surface area contributed by atoms with Crippen molar-refractivity contribution < 1.29 is 0 Å². The highest BCUT2D eigenvalue weighted by Crippen LogP contribution is 2.23. The number of pyridine rings is 1. The summed E-state index contributed by atoms with van der Waals surface area (Å²) in [5, 5.41) is 0.516. The van der Waals surface area contributed by atoms with Crippen LogP contribution in [-0.4, -0.2) is 21.5 Å². The van der Waals surface area contributed by atoms with Crippen LogP contribution in [0.2, 0.25) is 0 Å². The van der Waals surface area contributed by atoms with E-state index in [9.17, 15) is 4.79 Å². The number of benzene rings is 2. The van der Waals surface area contributed by atoms with E-state index in [1.165, 1.54) is 16.7 Å². The predicted molar refractivity (Wildman–Crippen MR) is 121 cm³/mol. The van der Waals surface area contributed by atoms with Gasteiger partial charge < -0.3 is 4.90 Å². The number of H-pyrrole nitrogens is 1. The van der Waals surface area contributed by atoms with Crippen LogP contribution in [0.25, 0.3) is 23.2 Å². The molecule has 0 saturated carbocycles. The van der Waals surface area contributed by atoms with Crippen LogP contribution in [0.4, 0.5) is 5.95 Å². The molecule has 0 aliphatic carbocycles. The summed E-state index contributed by atoms with van der Waals surface area (Å²) in [4.78, 5) is 27.1. The molecule has 0 fully saturated rings. The van der Waals surface area contributed by atoms with Crippen LogP contribution in [0.15, 0.2) is 65.6 Å². The summed E-state index contributed by atoms with van der Waals surface area (Å²) in [6, 6.07) is 18.5. The molecule has 30 heavy (non-hydrogen) atoms. The van der Waals surface area contributed by atoms with Crippen molar-refractivity contribution in [2.45, 2.75) is 19.9 Å². The van der Waals surface area contributed by atoms with Crippen LogP contribution >= 0.6 is 0 Å². The third-order valence-corrected chi connectivity index (χ3v) is 5.56. The fourth-order valence-electron chi connectivity index (χ4n) is 4.00. The van der Waals surface area contributed by atoms with Crippen molar-refractivity contribution in [1.29, 1.82) is 0 Å². The van der Waals surface area contributed by atoms with E-state index in [4.69, 9.17) is 0 Å². The van der Waals surface area contributed by atoms with Crippen LogP contribution in [0.5, 0.6) is 0 Å². The summed E-state index contributed by atoms with van der Waals surface area (Å²) in [6.07, 6.45) is 6.60. The molecule has 5 nitrogen and oxygen atoms in total. The Labute approximate surface area is 174 Å². The molecule has 2 aromatic carbocycles. The molecule has 1 aliphatic rings. The maximum absolute atomic E-state index is 13.0. The van der Waals surface area contributed by atoms with Crippen LogP contribution in [0, 0.1) is 6.92 Å². The molecule has 4 aromatic rings. The Hall–Kier alpha value is -3.73. The molecule has 0 unspecified atom stereocenters. The fourth-order valence-corrected chi connectivity index (χ4v) is 4.00. The minimum absolute atomic E-state index is 0.161. The van der Waals surface area contributed by atoms with E-state index in [0.717, 1.165) is 30.6 Å². The molecule has 0 saturated heterocycles. The first-order valence-corrected chi connectivity index (χ1v) is 10.1. The van der Waals surface area contributed by atoms with E-state index in [0.29, 0.717) is 17.0 Å². The minimum Gasteiger partial charge on any atom is -0.338 e. The number of aryl methyl sites for hydroxylation is 1. The van der Waals surface area contributed by atoms with Crippen molar-refractivity contribution in [2.24, 2.45) is 0 Å². The van der Waals surface area contributed by atoms with Crippen LogP contribution in [0.1, 0.15) is 27.8 Å². The topological polar surface area (TPSA) is 61.9 Å².